The van der Waals surface area contributed by atoms with Gasteiger partial charge in [-0.15, -0.1) is 0 Å². The van der Waals surface area contributed by atoms with E-state index in [9.17, 15) is 5.11 Å². The highest BCUT2D eigenvalue weighted by Gasteiger charge is 2.37. The van der Waals surface area contributed by atoms with E-state index in [1.165, 1.54) is 24.0 Å². The molecule has 1 aromatic rings. The van der Waals surface area contributed by atoms with Gasteiger partial charge >= 0.3 is 0 Å². The maximum atomic E-state index is 9.71. The number of rotatable bonds is 0. The third-order valence-corrected chi connectivity index (χ3v) is 4.32. The molecule has 86 valence electrons. The number of aromatic hydroxyl groups is 1. The van der Waals surface area contributed by atoms with Gasteiger partial charge in [0.2, 0.25) is 0 Å². The van der Waals surface area contributed by atoms with Gasteiger partial charge in [0.05, 0.1) is 5.02 Å². The molecule has 2 atom stereocenters. The van der Waals surface area contributed by atoms with Gasteiger partial charge in [-0.2, -0.15) is 0 Å². The molecule has 16 heavy (non-hydrogen) atoms. The van der Waals surface area contributed by atoms with Crippen LogP contribution in [0.4, 0.5) is 0 Å². The highest BCUT2D eigenvalue weighted by Crippen LogP contribution is 2.46. The summed E-state index contributed by atoms with van der Waals surface area (Å²) < 4.78 is 0. The molecule has 0 radical (unpaired) electrons. The van der Waals surface area contributed by atoms with Crippen molar-refractivity contribution in [2.75, 3.05) is 13.6 Å². The molecule has 0 saturated carbocycles. The van der Waals surface area contributed by atoms with Crippen LogP contribution >= 0.6 is 11.6 Å². The van der Waals surface area contributed by atoms with Crippen molar-refractivity contribution in [3.05, 3.63) is 28.3 Å². The lowest BCUT2D eigenvalue weighted by molar-refractivity contribution is 0.135. The number of phenolic OH excluding ortho intramolecular Hbond substituents is 1. The summed E-state index contributed by atoms with van der Waals surface area (Å²) in [4.78, 5) is 2.41. The number of phenols is 1. The first-order valence-electron chi connectivity index (χ1n) is 5.88. The molecule has 2 aliphatic rings. The van der Waals surface area contributed by atoms with E-state index >= 15 is 0 Å². The molecule has 1 heterocycles. The first-order chi connectivity index (χ1) is 7.66. The van der Waals surface area contributed by atoms with E-state index in [0.717, 1.165) is 13.0 Å². The molecular formula is C13H16ClNO. The number of hydrogen-bond donors (Lipinski definition) is 1. The number of hydrogen-bond acceptors (Lipinski definition) is 2. The van der Waals surface area contributed by atoms with Crippen molar-refractivity contribution in [3.8, 4) is 5.75 Å². The molecule has 3 heteroatoms. The van der Waals surface area contributed by atoms with Crippen LogP contribution < -0.4 is 0 Å². The molecule has 0 spiro atoms. The van der Waals surface area contributed by atoms with Crippen molar-refractivity contribution < 1.29 is 5.11 Å². The fourth-order valence-corrected chi connectivity index (χ4v) is 3.50. The molecular weight excluding hydrogens is 222 g/mol. The lowest BCUT2D eigenvalue weighted by Gasteiger charge is -2.35. The summed E-state index contributed by atoms with van der Waals surface area (Å²) in [6.07, 6.45) is 3.69. The Hall–Kier alpha value is -0.730. The summed E-state index contributed by atoms with van der Waals surface area (Å²) in [6, 6.07) is 4.30. The molecule has 1 N–H and O–H groups in total. The third kappa shape index (κ3) is 1.44. The van der Waals surface area contributed by atoms with Crippen molar-refractivity contribution in [1.82, 2.24) is 4.90 Å². The van der Waals surface area contributed by atoms with Gasteiger partial charge in [0, 0.05) is 6.04 Å². The average molecular weight is 238 g/mol. The Morgan fingerprint density at radius 2 is 2.25 bits per heavy atom. The van der Waals surface area contributed by atoms with Crippen molar-refractivity contribution in [3.63, 3.8) is 0 Å². The first-order valence-corrected chi connectivity index (χ1v) is 6.26. The van der Waals surface area contributed by atoms with Crippen LogP contribution in [0.3, 0.4) is 0 Å². The van der Waals surface area contributed by atoms with Crippen LogP contribution in [0.5, 0.6) is 5.75 Å². The van der Waals surface area contributed by atoms with Gasteiger partial charge in [0.25, 0.3) is 0 Å². The van der Waals surface area contributed by atoms with Crippen molar-refractivity contribution >= 4 is 11.6 Å². The van der Waals surface area contributed by atoms with E-state index in [-0.39, 0.29) is 5.75 Å². The predicted molar refractivity (Wildman–Crippen MR) is 64.9 cm³/mol. The highest BCUT2D eigenvalue weighted by molar-refractivity contribution is 6.32. The van der Waals surface area contributed by atoms with Gasteiger partial charge in [-0.1, -0.05) is 11.6 Å². The predicted octanol–water partition coefficient (Wildman–Crippen LogP) is 2.98. The summed E-state index contributed by atoms with van der Waals surface area (Å²) in [6.45, 7) is 1.16. The van der Waals surface area contributed by atoms with Gasteiger partial charge in [-0.05, 0) is 62.0 Å². The Bertz CT molecular complexity index is 432. The summed E-state index contributed by atoms with van der Waals surface area (Å²) in [5.74, 6) is 0.937. The molecule has 0 amide bonds. The largest absolute Gasteiger partial charge is 0.506 e. The number of halogens is 1. The van der Waals surface area contributed by atoms with Crippen molar-refractivity contribution in [2.45, 2.75) is 25.3 Å². The lowest BCUT2D eigenvalue weighted by Crippen LogP contribution is -2.33. The Kier molecular flexibility index (Phi) is 2.37. The first kappa shape index (κ1) is 10.4. The minimum Gasteiger partial charge on any atom is -0.506 e. The van der Waals surface area contributed by atoms with Crippen LogP contribution in [0.2, 0.25) is 5.02 Å². The second-order valence-electron chi connectivity index (χ2n) is 5.03. The molecule has 1 aromatic carbocycles. The minimum absolute atomic E-state index is 0.222. The molecule has 1 saturated heterocycles. The van der Waals surface area contributed by atoms with Gasteiger partial charge < -0.3 is 5.11 Å². The summed E-state index contributed by atoms with van der Waals surface area (Å²) in [5.41, 5.74) is 2.61. The number of fused-ring (bicyclic) bond motifs is 3. The van der Waals surface area contributed by atoms with Crippen LogP contribution in [0.1, 0.15) is 30.0 Å². The van der Waals surface area contributed by atoms with Crippen LogP contribution in [0.25, 0.3) is 0 Å². The van der Waals surface area contributed by atoms with Crippen LogP contribution in [-0.2, 0) is 6.42 Å². The summed E-state index contributed by atoms with van der Waals surface area (Å²) >= 11 is 5.96. The Morgan fingerprint density at radius 3 is 3.06 bits per heavy atom. The average Bonchev–Trinajstić information content (AvgIpc) is 2.58. The zero-order valence-electron chi connectivity index (χ0n) is 9.41. The standard InChI is InChI=1S/C13H16ClNO/c1-15-4-2-3-8-5-9-6-11(14)12(16)7-10(9)13(8)15/h6-8,13,16H,2-5H2,1H3. The SMILES string of the molecule is CN1CCCC2Cc3cc(Cl)c(O)cc3C21. The van der Waals surface area contributed by atoms with E-state index in [0.29, 0.717) is 17.0 Å². The van der Waals surface area contributed by atoms with Crippen LogP contribution in [0.15, 0.2) is 12.1 Å². The number of nitrogens with zero attached hydrogens (tertiary/aromatic N) is 1. The second kappa shape index (κ2) is 3.64. The van der Waals surface area contributed by atoms with Crippen LogP contribution in [-0.4, -0.2) is 23.6 Å². The maximum absolute atomic E-state index is 9.71. The fourth-order valence-electron chi connectivity index (χ4n) is 3.32. The normalized spacial score (nSPS) is 28.9. The minimum atomic E-state index is 0.222. The topological polar surface area (TPSA) is 23.5 Å². The van der Waals surface area contributed by atoms with Crippen molar-refractivity contribution in [2.24, 2.45) is 5.92 Å². The molecule has 1 fully saturated rings. The van der Waals surface area contributed by atoms with Crippen LogP contribution in [0, 0.1) is 5.92 Å². The van der Waals surface area contributed by atoms with E-state index in [2.05, 4.69) is 11.9 Å². The Labute approximate surface area is 101 Å². The number of benzene rings is 1. The molecule has 2 unspecified atom stereocenters. The maximum Gasteiger partial charge on any atom is 0.134 e. The zero-order valence-corrected chi connectivity index (χ0v) is 10.2. The molecule has 0 bridgehead atoms. The zero-order chi connectivity index (χ0) is 11.3. The second-order valence-corrected chi connectivity index (χ2v) is 5.44. The lowest BCUT2D eigenvalue weighted by atomic mass is 9.90. The monoisotopic (exact) mass is 237 g/mol. The third-order valence-electron chi connectivity index (χ3n) is 4.02. The van der Waals surface area contributed by atoms with Gasteiger partial charge in [-0.25, -0.2) is 0 Å². The fraction of sp³-hybridized carbons (Fsp3) is 0.538. The quantitative estimate of drug-likeness (QED) is 0.750. The van der Waals surface area contributed by atoms with E-state index < -0.39 is 0 Å². The van der Waals surface area contributed by atoms with E-state index in [1.807, 2.05) is 12.1 Å². The van der Waals surface area contributed by atoms with Crippen molar-refractivity contribution in [1.29, 1.82) is 0 Å². The van der Waals surface area contributed by atoms with Gasteiger partial charge in [-0.3, -0.25) is 4.90 Å². The smallest absolute Gasteiger partial charge is 0.134 e. The Balaban J connectivity index is 2.06. The molecule has 2 nitrogen and oxygen atoms in total. The summed E-state index contributed by atoms with van der Waals surface area (Å²) in [7, 11) is 2.18. The molecule has 1 aliphatic carbocycles. The van der Waals surface area contributed by atoms with E-state index in [1.54, 1.807) is 0 Å². The van der Waals surface area contributed by atoms with Gasteiger partial charge in [0.1, 0.15) is 5.75 Å². The number of likely N-dealkylation sites (tertiary alicyclic amines) is 1. The molecule has 0 aromatic heterocycles. The Morgan fingerprint density at radius 1 is 1.44 bits per heavy atom. The van der Waals surface area contributed by atoms with Gasteiger partial charge in [0.15, 0.2) is 0 Å². The molecule has 3 rings (SSSR count). The van der Waals surface area contributed by atoms with E-state index in [4.69, 9.17) is 11.6 Å². The molecule has 1 aliphatic heterocycles. The summed E-state index contributed by atoms with van der Waals surface area (Å²) in [5, 5.41) is 10.2. The highest BCUT2D eigenvalue weighted by atomic mass is 35.5. The number of piperidine rings is 1.